The summed E-state index contributed by atoms with van der Waals surface area (Å²) in [6, 6.07) is 6.72. The smallest absolute Gasteiger partial charge is 0.177 e. The molecule has 0 aliphatic carbocycles. The van der Waals surface area contributed by atoms with E-state index < -0.39 is 0 Å². The Morgan fingerprint density at radius 3 is 2.94 bits per heavy atom. The van der Waals surface area contributed by atoms with E-state index in [1.165, 1.54) is 0 Å². The van der Waals surface area contributed by atoms with E-state index in [0.717, 1.165) is 17.0 Å². The lowest BCUT2D eigenvalue weighted by Crippen LogP contribution is -1.95. The average Bonchev–Trinajstić information content (AvgIpc) is 2.67. The van der Waals surface area contributed by atoms with Gasteiger partial charge in [0.05, 0.1) is 5.69 Å². The number of ether oxygens (including phenoxy) is 1. The zero-order chi connectivity index (χ0) is 12.3. The molecule has 0 amide bonds. The van der Waals surface area contributed by atoms with Crippen LogP contribution in [-0.4, -0.2) is 14.7 Å². The highest BCUT2D eigenvalue weighted by molar-refractivity contribution is 9.10. The van der Waals surface area contributed by atoms with Gasteiger partial charge in [-0.05, 0) is 35.0 Å². The number of rotatable bonds is 4. The van der Waals surface area contributed by atoms with Crippen molar-refractivity contribution >= 4 is 15.9 Å². The Balaban J connectivity index is 2.02. The highest BCUT2D eigenvalue weighted by Gasteiger charge is 2.04. The molecule has 0 aliphatic heterocycles. The molecule has 1 aromatic carbocycles. The molecule has 0 fully saturated rings. The van der Waals surface area contributed by atoms with E-state index in [0.29, 0.717) is 12.4 Å². The van der Waals surface area contributed by atoms with E-state index >= 15 is 0 Å². The van der Waals surface area contributed by atoms with Crippen molar-refractivity contribution in [3.05, 3.63) is 40.9 Å². The van der Waals surface area contributed by atoms with Crippen molar-refractivity contribution in [3.63, 3.8) is 0 Å². The molecule has 0 spiro atoms. The van der Waals surface area contributed by atoms with Gasteiger partial charge in [0.25, 0.3) is 0 Å². The van der Waals surface area contributed by atoms with Gasteiger partial charge >= 0.3 is 0 Å². The highest BCUT2D eigenvalue weighted by Crippen LogP contribution is 2.19. The first-order chi connectivity index (χ1) is 8.19. The number of phenolic OH excluding ortho intramolecular Hbond substituents is 1. The number of aromatic hydroxyl groups is 1. The van der Waals surface area contributed by atoms with Crippen LogP contribution in [0.2, 0.25) is 0 Å². The van der Waals surface area contributed by atoms with Gasteiger partial charge in [-0.25, -0.2) is 4.98 Å². The summed E-state index contributed by atoms with van der Waals surface area (Å²) in [6.07, 6.45) is 1.94. The van der Waals surface area contributed by atoms with Crippen molar-refractivity contribution < 1.29 is 9.84 Å². The molecular formula is C12H13BrN2O2. The molecule has 17 heavy (non-hydrogen) atoms. The number of benzene rings is 1. The number of nitrogens with zero attached hydrogens (tertiary/aromatic N) is 2. The van der Waals surface area contributed by atoms with Crippen molar-refractivity contribution in [3.8, 4) is 11.5 Å². The van der Waals surface area contributed by atoms with Crippen LogP contribution in [0, 0.1) is 0 Å². The molecule has 0 radical (unpaired) electrons. The van der Waals surface area contributed by atoms with Gasteiger partial charge in [0, 0.05) is 18.8 Å². The first kappa shape index (κ1) is 12.0. The topological polar surface area (TPSA) is 47.3 Å². The monoisotopic (exact) mass is 296 g/mol. The summed E-state index contributed by atoms with van der Waals surface area (Å²) in [4.78, 5) is 4.31. The zero-order valence-electron chi connectivity index (χ0n) is 9.43. The standard InChI is InChI=1S/C12H13BrN2O2/c1-2-15-7-9(14-12(15)13)8-17-11-5-3-4-10(16)6-11/h3-7,16H,2,8H2,1H3. The van der Waals surface area contributed by atoms with Crippen LogP contribution in [0.1, 0.15) is 12.6 Å². The van der Waals surface area contributed by atoms with Gasteiger partial charge in [0.1, 0.15) is 18.1 Å². The summed E-state index contributed by atoms with van der Waals surface area (Å²) in [7, 11) is 0. The van der Waals surface area contributed by atoms with Gasteiger partial charge in [0.2, 0.25) is 0 Å². The second-order valence-corrected chi connectivity index (χ2v) is 4.28. The Morgan fingerprint density at radius 2 is 2.29 bits per heavy atom. The first-order valence-electron chi connectivity index (χ1n) is 5.32. The number of hydrogen-bond donors (Lipinski definition) is 1. The van der Waals surface area contributed by atoms with E-state index in [2.05, 4.69) is 20.9 Å². The van der Waals surface area contributed by atoms with Crippen LogP contribution in [-0.2, 0) is 13.2 Å². The van der Waals surface area contributed by atoms with E-state index in [-0.39, 0.29) is 5.75 Å². The Bertz CT molecular complexity index is 511. The molecule has 1 aromatic heterocycles. The summed E-state index contributed by atoms with van der Waals surface area (Å²) in [5.41, 5.74) is 0.849. The molecule has 4 nitrogen and oxygen atoms in total. The van der Waals surface area contributed by atoms with Gasteiger partial charge in [0.15, 0.2) is 4.73 Å². The second kappa shape index (κ2) is 5.23. The van der Waals surface area contributed by atoms with Crippen LogP contribution in [0.3, 0.4) is 0 Å². The van der Waals surface area contributed by atoms with Crippen LogP contribution in [0.15, 0.2) is 35.2 Å². The van der Waals surface area contributed by atoms with Crippen molar-refractivity contribution in [1.29, 1.82) is 0 Å². The van der Waals surface area contributed by atoms with Crippen LogP contribution in [0.5, 0.6) is 11.5 Å². The van der Waals surface area contributed by atoms with Crippen LogP contribution >= 0.6 is 15.9 Å². The lowest BCUT2D eigenvalue weighted by atomic mass is 10.3. The maximum absolute atomic E-state index is 9.29. The maximum Gasteiger partial charge on any atom is 0.177 e. The number of imidazole rings is 1. The molecule has 5 heteroatoms. The maximum atomic E-state index is 9.29. The third kappa shape index (κ3) is 3.00. The second-order valence-electron chi connectivity index (χ2n) is 3.57. The summed E-state index contributed by atoms with van der Waals surface area (Å²) in [5.74, 6) is 0.829. The Hall–Kier alpha value is -1.49. The SMILES string of the molecule is CCn1cc(COc2cccc(O)c2)nc1Br. The predicted octanol–water partition coefficient (Wildman–Crippen LogP) is 2.95. The van der Waals surface area contributed by atoms with Crippen molar-refractivity contribution in [2.75, 3.05) is 0 Å². The number of halogens is 1. The minimum atomic E-state index is 0.197. The third-order valence-corrected chi connectivity index (χ3v) is 2.96. The summed E-state index contributed by atoms with van der Waals surface area (Å²) in [6.45, 7) is 3.29. The molecule has 90 valence electrons. The molecule has 2 aromatic rings. The van der Waals surface area contributed by atoms with Gasteiger partial charge in [-0.1, -0.05) is 6.07 Å². The number of aromatic nitrogens is 2. The predicted molar refractivity (Wildman–Crippen MR) is 68.0 cm³/mol. The Kier molecular flexibility index (Phi) is 3.68. The van der Waals surface area contributed by atoms with Crippen molar-refractivity contribution in [1.82, 2.24) is 9.55 Å². The fourth-order valence-corrected chi connectivity index (χ4v) is 2.05. The van der Waals surface area contributed by atoms with Gasteiger partial charge < -0.3 is 14.4 Å². The minimum Gasteiger partial charge on any atom is -0.508 e. The normalized spacial score (nSPS) is 10.5. The van der Waals surface area contributed by atoms with E-state index in [4.69, 9.17) is 4.74 Å². The third-order valence-electron chi connectivity index (χ3n) is 2.32. The lowest BCUT2D eigenvalue weighted by molar-refractivity contribution is 0.300. The molecular weight excluding hydrogens is 284 g/mol. The van der Waals surface area contributed by atoms with Gasteiger partial charge in [-0.3, -0.25) is 0 Å². The fourth-order valence-electron chi connectivity index (χ4n) is 1.47. The minimum absolute atomic E-state index is 0.197. The van der Waals surface area contributed by atoms with Crippen molar-refractivity contribution in [2.24, 2.45) is 0 Å². The molecule has 0 unspecified atom stereocenters. The fraction of sp³-hybridized carbons (Fsp3) is 0.250. The van der Waals surface area contributed by atoms with E-state index in [1.807, 2.05) is 17.7 Å². The quantitative estimate of drug-likeness (QED) is 0.944. The number of aryl methyl sites for hydroxylation is 1. The van der Waals surface area contributed by atoms with Gasteiger partial charge in [-0.2, -0.15) is 0 Å². The summed E-state index contributed by atoms with van der Waals surface area (Å²) < 4.78 is 8.32. The largest absolute Gasteiger partial charge is 0.508 e. The van der Waals surface area contributed by atoms with Gasteiger partial charge in [-0.15, -0.1) is 0 Å². The number of hydrogen-bond acceptors (Lipinski definition) is 3. The molecule has 2 rings (SSSR count). The number of phenols is 1. The van der Waals surface area contributed by atoms with Crippen LogP contribution < -0.4 is 4.74 Å². The van der Waals surface area contributed by atoms with Crippen LogP contribution in [0.25, 0.3) is 0 Å². The molecule has 0 saturated heterocycles. The summed E-state index contributed by atoms with van der Waals surface area (Å²) >= 11 is 3.37. The molecule has 0 bridgehead atoms. The van der Waals surface area contributed by atoms with Crippen molar-refractivity contribution in [2.45, 2.75) is 20.1 Å². The Morgan fingerprint density at radius 1 is 1.47 bits per heavy atom. The van der Waals surface area contributed by atoms with E-state index in [1.54, 1.807) is 24.3 Å². The lowest BCUT2D eigenvalue weighted by Gasteiger charge is -2.03. The molecule has 0 aliphatic rings. The molecule has 1 N–H and O–H groups in total. The first-order valence-corrected chi connectivity index (χ1v) is 6.11. The molecule has 0 saturated carbocycles. The molecule has 0 atom stereocenters. The zero-order valence-corrected chi connectivity index (χ0v) is 11.0. The molecule has 1 heterocycles. The van der Waals surface area contributed by atoms with E-state index in [9.17, 15) is 5.11 Å². The highest BCUT2D eigenvalue weighted by atomic mass is 79.9. The Labute approximate surface area is 108 Å². The summed E-state index contributed by atoms with van der Waals surface area (Å²) in [5, 5.41) is 9.29. The van der Waals surface area contributed by atoms with Crippen LogP contribution in [0.4, 0.5) is 0 Å². The average molecular weight is 297 g/mol.